The van der Waals surface area contributed by atoms with Crippen LogP contribution in [0.25, 0.3) is 16.6 Å². The largest absolute Gasteiger partial charge is 0.342 e. The molecule has 4 rings (SSSR count). The third kappa shape index (κ3) is 1.85. The number of hydrogen-bond acceptors (Lipinski definition) is 1. The van der Waals surface area contributed by atoms with Crippen molar-refractivity contribution in [1.29, 1.82) is 0 Å². The first-order chi connectivity index (χ1) is 9.83. The van der Waals surface area contributed by atoms with E-state index in [1.54, 1.807) is 0 Å². The fraction of sp³-hybridized carbons (Fsp3) is 0.167. The molecule has 0 aliphatic heterocycles. The normalized spacial score (nSPS) is 14.6. The highest BCUT2D eigenvalue weighted by Gasteiger charge is 2.27. The summed E-state index contributed by atoms with van der Waals surface area (Å²) in [4.78, 5) is 8.26. The molecule has 1 aliphatic rings. The first-order valence-electron chi connectivity index (χ1n) is 7.06. The maximum Gasteiger partial charge on any atom is 0.110 e. The molecule has 1 heterocycles. The molecule has 1 aliphatic carbocycles. The van der Waals surface area contributed by atoms with E-state index < -0.39 is 0 Å². The molecule has 2 heteroatoms. The first-order valence-corrected chi connectivity index (χ1v) is 7.06. The zero-order chi connectivity index (χ0) is 13.5. The Morgan fingerprint density at radius 3 is 2.60 bits per heavy atom. The van der Waals surface area contributed by atoms with Gasteiger partial charge in [0.15, 0.2) is 0 Å². The van der Waals surface area contributed by atoms with Gasteiger partial charge >= 0.3 is 0 Å². The molecule has 0 bridgehead atoms. The molecule has 20 heavy (non-hydrogen) atoms. The highest BCUT2D eigenvalue weighted by Crippen LogP contribution is 2.39. The van der Waals surface area contributed by atoms with Crippen molar-refractivity contribution in [2.75, 3.05) is 0 Å². The number of aromatic amines is 1. The Bertz CT molecular complexity index is 780. The molecule has 0 atom stereocenters. The van der Waals surface area contributed by atoms with Gasteiger partial charge in [0.2, 0.25) is 0 Å². The average Bonchev–Trinajstić information content (AvgIpc) is 3.26. The Hall–Kier alpha value is -2.35. The Kier molecular flexibility index (Phi) is 2.49. The minimum atomic E-state index is 0.639. The Morgan fingerprint density at radius 1 is 1.05 bits per heavy atom. The van der Waals surface area contributed by atoms with E-state index in [4.69, 9.17) is 4.98 Å². The topological polar surface area (TPSA) is 28.7 Å². The van der Waals surface area contributed by atoms with Crippen LogP contribution in [-0.4, -0.2) is 9.97 Å². The van der Waals surface area contributed by atoms with E-state index in [-0.39, 0.29) is 0 Å². The fourth-order valence-electron chi connectivity index (χ4n) is 2.64. The molecule has 1 saturated carbocycles. The molecule has 3 aromatic rings. The highest BCUT2D eigenvalue weighted by atomic mass is 14.9. The van der Waals surface area contributed by atoms with E-state index in [9.17, 15) is 0 Å². The van der Waals surface area contributed by atoms with E-state index in [1.165, 1.54) is 12.8 Å². The van der Waals surface area contributed by atoms with E-state index in [2.05, 4.69) is 41.9 Å². The molecule has 2 aromatic carbocycles. The van der Waals surface area contributed by atoms with Crippen LogP contribution in [0.4, 0.5) is 0 Å². The maximum absolute atomic E-state index is 4.80. The van der Waals surface area contributed by atoms with Crippen molar-refractivity contribution in [2.24, 2.45) is 0 Å². The van der Waals surface area contributed by atoms with Crippen molar-refractivity contribution < 1.29 is 0 Å². The molecule has 0 radical (unpaired) electrons. The van der Waals surface area contributed by atoms with Crippen LogP contribution in [0.15, 0.2) is 55.1 Å². The van der Waals surface area contributed by atoms with Gasteiger partial charge in [-0.2, -0.15) is 0 Å². The lowest BCUT2D eigenvalue weighted by Crippen LogP contribution is -1.88. The van der Waals surface area contributed by atoms with Crippen molar-refractivity contribution in [3.63, 3.8) is 0 Å². The maximum atomic E-state index is 4.80. The van der Waals surface area contributed by atoms with Gasteiger partial charge in [0, 0.05) is 11.5 Å². The van der Waals surface area contributed by atoms with Crippen LogP contribution < -0.4 is 0 Å². The van der Waals surface area contributed by atoms with Crippen molar-refractivity contribution in [2.45, 2.75) is 18.8 Å². The molecule has 0 unspecified atom stereocenters. The van der Waals surface area contributed by atoms with Gasteiger partial charge in [-0.15, -0.1) is 0 Å². The van der Waals surface area contributed by atoms with E-state index in [0.29, 0.717) is 5.92 Å². The van der Waals surface area contributed by atoms with Crippen LogP contribution in [0, 0.1) is 0 Å². The summed E-state index contributed by atoms with van der Waals surface area (Å²) in [7, 11) is 0. The molecular weight excluding hydrogens is 244 g/mol. The summed E-state index contributed by atoms with van der Waals surface area (Å²) >= 11 is 0. The second-order valence-electron chi connectivity index (χ2n) is 5.44. The second-order valence-corrected chi connectivity index (χ2v) is 5.44. The molecule has 1 fully saturated rings. The van der Waals surface area contributed by atoms with Gasteiger partial charge in [-0.1, -0.05) is 49.0 Å². The Morgan fingerprint density at radius 2 is 1.85 bits per heavy atom. The van der Waals surface area contributed by atoms with Crippen LogP contribution >= 0.6 is 0 Å². The van der Waals surface area contributed by atoms with Gasteiger partial charge < -0.3 is 4.98 Å². The molecule has 1 N–H and O–H groups in total. The molecule has 0 amide bonds. The highest BCUT2D eigenvalue weighted by molar-refractivity contribution is 5.93. The van der Waals surface area contributed by atoms with Crippen molar-refractivity contribution in [3.8, 4) is 0 Å². The van der Waals surface area contributed by atoms with Crippen LogP contribution in [0.2, 0.25) is 0 Å². The lowest BCUT2D eigenvalue weighted by Gasteiger charge is -2.06. The fourth-order valence-corrected chi connectivity index (χ4v) is 2.64. The number of rotatable bonds is 3. The first kappa shape index (κ1) is 11.5. The predicted molar refractivity (Wildman–Crippen MR) is 82.6 cm³/mol. The Balaban J connectivity index is 1.84. The molecule has 2 nitrogen and oxygen atoms in total. The van der Waals surface area contributed by atoms with Gasteiger partial charge in [0.25, 0.3) is 0 Å². The SMILES string of the molecule is C=C(c1ccccc1)c1cccc2[nH]c(C3CC3)nc12. The molecule has 1 aromatic heterocycles. The lowest BCUT2D eigenvalue weighted by atomic mass is 9.98. The third-order valence-corrected chi connectivity index (χ3v) is 3.94. The Labute approximate surface area is 118 Å². The lowest BCUT2D eigenvalue weighted by molar-refractivity contribution is 0.986. The van der Waals surface area contributed by atoms with Crippen LogP contribution in [0.5, 0.6) is 0 Å². The van der Waals surface area contributed by atoms with E-state index in [0.717, 1.165) is 33.6 Å². The summed E-state index contributed by atoms with van der Waals surface area (Å²) in [5.41, 5.74) is 5.46. The van der Waals surface area contributed by atoms with Crippen LogP contribution in [0.1, 0.15) is 35.7 Å². The number of para-hydroxylation sites is 1. The zero-order valence-corrected chi connectivity index (χ0v) is 11.3. The van der Waals surface area contributed by atoms with Gasteiger partial charge in [-0.05, 0) is 30.0 Å². The predicted octanol–water partition coefficient (Wildman–Crippen LogP) is 4.50. The summed E-state index contributed by atoms with van der Waals surface area (Å²) < 4.78 is 0. The van der Waals surface area contributed by atoms with Gasteiger partial charge in [0.05, 0.1) is 11.0 Å². The number of hydrogen-bond donors (Lipinski definition) is 1. The summed E-state index contributed by atoms with van der Waals surface area (Å²) in [6.45, 7) is 4.26. The standard InChI is InChI=1S/C18H16N2/c1-12(13-6-3-2-4-7-13)15-8-5-9-16-17(15)20-18(19-16)14-10-11-14/h2-9,14H,1,10-11H2,(H,19,20). The summed E-state index contributed by atoms with van der Waals surface area (Å²) in [5, 5.41) is 0. The number of imidazole rings is 1. The van der Waals surface area contributed by atoms with E-state index >= 15 is 0 Å². The molecular formula is C18H16N2. The molecule has 0 spiro atoms. The van der Waals surface area contributed by atoms with Crippen LogP contribution in [0.3, 0.4) is 0 Å². The number of aromatic nitrogens is 2. The van der Waals surface area contributed by atoms with Crippen molar-refractivity contribution in [3.05, 3.63) is 72.1 Å². The second kappa shape index (κ2) is 4.34. The minimum absolute atomic E-state index is 0.639. The summed E-state index contributed by atoms with van der Waals surface area (Å²) in [6.07, 6.45) is 2.52. The van der Waals surface area contributed by atoms with Gasteiger partial charge in [-0.25, -0.2) is 4.98 Å². The van der Waals surface area contributed by atoms with E-state index in [1.807, 2.05) is 18.2 Å². The summed E-state index contributed by atoms with van der Waals surface area (Å²) in [5.74, 6) is 1.77. The molecule has 0 saturated heterocycles. The minimum Gasteiger partial charge on any atom is -0.342 e. The van der Waals surface area contributed by atoms with Gasteiger partial charge in [-0.3, -0.25) is 0 Å². The smallest absolute Gasteiger partial charge is 0.110 e. The number of benzene rings is 2. The number of fused-ring (bicyclic) bond motifs is 1. The zero-order valence-electron chi connectivity index (χ0n) is 11.3. The van der Waals surface area contributed by atoms with Crippen molar-refractivity contribution >= 4 is 16.6 Å². The molecule has 98 valence electrons. The number of nitrogens with zero attached hydrogens (tertiary/aromatic N) is 1. The van der Waals surface area contributed by atoms with Crippen LogP contribution in [-0.2, 0) is 0 Å². The van der Waals surface area contributed by atoms with Gasteiger partial charge in [0.1, 0.15) is 5.82 Å². The van der Waals surface area contributed by atoms with Crippen molar-refractivity contribution in [1.82, 2.24) is 9.97 Å². The summed E-state index contributed by atoms with van der Waals surface area (Å²) in [6, 6.07) is 16.6. The average molecular weight is 260 g/mol. The monoisotopic (exact) mass is 260 g/mol. The quantitative estimate of drug-likeness (QED) is 0.738. The third-order valence-electron chi connectivity index (χ3n) is 3.94. The number of H-pyrrole nitrogens is 1. The number of nitrogens with one attached hydrogen (secondary N) is 1.